The number of hydrogen-bond donors (Lipinski definition) is 7. The van der Waals surface area contributed by atoms with E-state index in [2.05, 4.69) is 25.9 Å². The zero-order valence-corrected chi connectivity index (χ0v) is 28.5. The standard InChI is InChI=1S/C28H41BN6O11P2/c1-20(2)16-24(34-26(37)22(17-21-6-4-3-5-7-21)33-27(38)23-19-30-8-9-31-23)29-45-14-12-35(13-15-46-29)11-10-32-25(36)18-28(39,47(40)41)48(42,43)44/h3-9,19-20,22,24,39H,10-18H2,1-2H3,(H5-,32,33,34,36,37,38,40,41,42,43,44)/p+1/t22-,24-,28?/m1/s1. The average Bonchev–Trinajstić information content (AvgIpc) is 3.01. The van der Waals surface area contributed by atoms with Gasteiger partial charge in [-0.1, -0.05) is 44.2 Å². The zero-order valence-electron chi connectivity index (χ0n) is 26.7. The first kappa shape index (κ1) is 39.3. The van der Waals surface area contributed by atoms with E-state index in [4.69, 9.17) is 9.31 Å². The average molecular weight is 711 g/mol. The van der Waals surface area contributed by atoms with Gasteiger partial charge >= 0.3 is 27.8 Å². The molecular formula is C28H42BN6O11P2+. The lowest BCUT2D eigenvalue weighted by atomic mass is 9.73. The molecule has 48 heavy (non-hydrogen) atoms. The maximum Gasteiger partial charge on any atom is 0.555 e. The lowest BCUT2D eigenvalue weighted by molar-refractivity contribution is -0.124. The fraction of sp³-hybridized carbons (Fsp3) is 0.536. The van der Waals surface area contributed by atoms with Gasteiger partial charge in [-0.2, -0.15) is 4.89 Å². The van der Waals surface area contributed by atoms with Gasteiger partial charge in [-0.3, -0.25) is 28.8 Å². The van der Waals surface area contributed by atoms with Crippen molar-refractivity contribution in [3.05, 3.63) is 60.2 Å². The second-order valence-electron chi connectivity index (χ2n) is 11.6. The maximum atomic E-state index is 13.7. The van der Waals surface area contributed by atoms with Crippen LogP contribution in [0.4, 0.5) is 0 Å². The van der Waals surface area contributed by atoms with Crippen molar-refractivity contribution in [1.29, 1.82) is 0 Å². The summed E-state index contributed by atoms with van der Waals surface area (Å²) in [4.78, 5) is 76.3. The Balaban J connectivity index is 1.58. The first-order chi connectivity index (χ1) is 22.7. The quantitative estimate of drug-likeness (QED) is 0.0880. The summed E-state index contributed by atoms with van der Waals surface area (Å²) in [6, 6.07) is 8.32. The number of aliphatic hydroxyl groups is 1. The van der Waals surface area contributed by atoms with Gasteiger partial charge in [0, 0.05) is 58.2 Å². The van der Waals surface area contributed by atoms with Crippen LogP contribution in [0.1, 0.15) is 42.7 Å². The lowest BCUT2D eigenvalue weighted by Crippen LogP contribution is -2.57. The molecule has 2 heterocycles. The topological polar surface area (TPSA) is 250 Å². The number of carbonyl (C=O) groups excluding carboxylic acids is 3. The minimum absolute atomic E-state index is 0.0107. The van der Waals surface area contributed by atoms with Crippen LogP contribution >= 0.6 is 15.6 Å². The van der Waals surface area contributed by atoms with Gasteiger partial charge in [0.2, 0.25) is 11.8 Å². The van der Waals surface area contributed by atoms with Crippen molar-refractivity contribution >= 4 is 40.5 Å². The van der Waals surface area contributed by atoms with Gasteiger partial charge in [-0.05, 0) is 22.5 Å². The fourth-order valence-corrected chi connectivity index (χ4v) is 6.38. The minimum Gasteiger partial charge on any atom is -0.408 e. The van der Waals surface area contributed by atoms with Gasteiger partial charge in [0.25, 0.3) is 5.91 Å². The van der Waals surface area contributed by atoms with Gasteiger partial charge in [-0.25, -0.2) is 4.98 Å². The normalized spacial score (nSPS) is 17.3. The van der Waals surface area contributed by atoms with E-state index in [1.54, 1.807) is 0 Å². The Kier molecular flexibility index (Phi) is 15.2. The molecule has 262 valence electrons. The summed E-state index contributed by atoms with van der Waals surface area (Å²) < 4.78 is 34.9. The number of rotatable bonds is 16. The number of hydrogen-bond acceptors (Lipinski definition) is 11. The smallest absolute Gasteiger partial charge is 0.408 e. The van der Waals surface area contributed by atoms with Crippen LogP contribution in [-0.4, -0.2) is 116 Å². The van der Waals surface area contributed by atoms with Crippen LogP contribution in [-0.2, 0) is 34.4 Å². The molecule has 3 amide bonds. The van der Waals surface area contributed by atoms with E-state index in [1.165, 1.54) is 18.6 Å². The third-order valence-corrected chi connectivity index (χ3v) is 10.5. The van der Waals surface area contributed by atoms with Crippen molar-refractivity contribution < 1.29 is 52.6 Å². The molecule has 1 aromatic carbocycles. The molecule has 3 rings (SSSR count). The van der Waals surface area contributed by atoms with Gasteiger partial charge in [-0.15, -0.1) is 0 Å². The van der Waals surface area contributed by atoms with Crippen molar-refractivity contribution in [2.24, 2.45) is 5.92 Å². The molecule has 1 aromatic heterocycles. The van der Waals surface area contributed by atoms with Crippen LogP contribution in [0.5, 0.6) is 0 Å². The Morgan fingerprint density at radius 1 is 1.10 bits per heavy atom. The number of nitrogens with zero attached hydrogens (tertiary/aromatic N) is 3. The molecule has 0 radical (unpaired) electrons. The molecule has 7 N–H and O–H groups in total. The first-order valence-corrected chi connectivity index (χ1v) is 18.1. The van der Waals surface area contributed by atoms with Crippen molar-refractivity contribution in [1.82, 2.24) is 30.8 Å². The highest BCUT2D eigenvalue weighted by Gasteiger charge is 2.64. The van der Waals surface area contributed by atoms with E-state index < -0.39 is 64.0 Å². The molecule has 0 bridgehead atoms. The van der Waals surface area contributed by atoms with E-state index in [9.17, 15) is 43.3 Å². The van der Waals surface area contributed by atoms with Gasteiger partial charge in [0.15, 0.2) is 0 Å². The Labute approximate surface area is 279 Å². The van der Waals surface area contributed by atoms with Crippen molar-refractivity contribution in [2.75, 3.05) is 39.4 Å². The highest BCUT2D eigenvalue weighted by Crippen LogP contribution is 2.61. The molecule has 4 atom stereocenters. The second kappa shape index (κ2) is 18.5. The monoisotopic (exact) mass is 711 g/mol. The van der Waals surface area contributed by atoms with E-state index in [-0.39, 0.29) is 44.3 Å². The van der Waals surface area contributed by atoms with Gasteiger partial charge < -0.3 is 40.2 Å². The molecule has 1 saturated heterocycles. The van der Waals surface area contributed by atoms with Crippen LogP contribution in [0.15, 0.2) is 48.9 Å². The highest BCUT2D eigenvalue weighted by atomic mass is 31.2. The molecular weight excluding hydrogens is 669 g/mol. The Bertz CT molecular complexity index is 1420. The summed E-state index contributed by atoms with van der Waals surface area (Å²) in [5.74, 6) is -2.38. The minimum atomic E-state index is -5.47. The molecule has 0 saturated carbocycles. The van der Waals surface area contributed by atoms with E-state index in [0.717, 1.165) is 5.56 Å². The molecule has 1 aliphatic rings. The number of nitrogens with one attached hydrogen (secondary N) is 3. The molecule has 1 fully saturated rings. The van der Waals surface area contributed by atoms with Crippen molar-refractivity contribution in [3.8, 4) is 0 Å². The number of benzene rings is 1. The number of carbonyl (C=O) groups is 3. The summed E-state index contributed by atoms with van der Waals surface area (Å²) in [6.07, 6.45) is 3.63. The van der Waals surface area contributed by atoms with Gasteiger partial charge in [0.05, 0.1) is 12.1 Å². The Hall–Kier alpha value is -3.18. The molecule has 17 nitrogen and oxygen atoms in total. The number of aromatic nitrogens is 2. The van der Waals surface area contributed by atoms with Gasteiger partial charge in [0.1, 0.15) is 18.2 Å². The third kappa shape index (κ3) is 12.1. The Morgan fingerprint density at radius 3 is 2.33 bits per heavy atom. The fourth-order valence-electron chi connectivity index (χ4n) is 4.86. The second-order valence-corrected chi connectivity index (χ2v) is 15.1. The summed E-state index contributed by atoms with van der Waals surface area (Å²) in [5, 5.41) is 14.7. The molecule has 0 spiro atoms. The molecule has 20 heteroatoms. The largest absolute Gasteiger partial charge is 0.555 e. The Morgan fingerprint density at radius 2 is 1.77 bits per heavy atom. The van der Waals surface area contributed by atoms with E-state index >= 15 is 0 Å². The van der Waals surface area contributed by atoms with Crippen LogP contribution < -0.4 is 16.0 Å². The molecule has 2 unspecified atom stereocenters. The predicted molar refractivity (Wildman–Crippen MR) is 173 cm³/mol. The summed E-state index contributed by atoms with van der Waals surface area (Å²) in [5.41, 5.74) is 0.913. The first-order valence-electron chi connectivity index (χ1n) is 15.3. The predicted octanol–water partition coefficient (Wildman–Crippen LogP) is -0.210. The van der Waals surface area contributed by atoms with Crippen LogP contribution in [0.2, 0.25) is 0 Å². The van der Waals surface area contributed by atoms with Crippen molar-refractivity contribution in [2.45, 2.75) is 50.2 Å². The third-order valence-electron chi connectivity index (χ3n) is 7.38. The summed E-state index contributed by atoms with van der Waals surface area (Å²) >= 11 is 0. The van der Waals surface area contributed by atoms with Crippen LogP contribution in [0.25, 0.3) is 0 Å². The van der Waals surface area contributed by atoms with E-state index in [0.29, 0.717) is 19.5 Å². The maximum absolute atomic E-state index is 13.7. The molecule has 0 aliphatic carbocycles. The molecule has 2 aromatic rings. The van der Waals surface area contributed by atoms with Crippen molar-refractivity contribution in [3.63, 3.8) is 0 Å². The van der Waals surface area contributed by atoms with Crippen LogP contribution in [0, 0.1) is 5.92 Å². The summed E-state index contributed by atoms with van der Waals surface area (Å²) in [6.45, 7) is 5.50. The molecule has 1 aliphatic heterocycles. The highest BCUT2D eigenvalue weighted by molar-refractivity contribution is 7.66. The van der Waals surface area contributed by atoms with Crippen LogP contribution in [0.3, 0.4) is 0 Å². The number of amides is 3. The SMILES string of the molecule is CC(C)C[C@@H](NC(=O)[C@@H](Cc1ccccc1)NC(=O)c1cnccn1)B1OCCN(CCNC(=O)CC(O)([P+](=O)O)P(=O)(O)O)CCO1. The zero-order chi connectivity index (χ0) is 35.3. The van der Waals surface area contributed by atoms with E-state index in [1.807, 2.05) is 49.1 Å². The summed E-state index contributed by atoms with van der Waals surface area (Å²) in [7, 11) is -10.0. The lowest BCUT2D eigenvalue weighted by Gasteiger charge is -2.32.